The van der Waals surface area contributed by atoms with Gasteiger partial charge < -0.3 is 25.0 Å². The van der Waals surface area contributed by atoms with Crippen LogP contribution in [0, 0.1) is 5.92 Å². The molecule has 1 aliphatic carbocycles. The zero-order valence-corrected chi connectivity index (χ0v) is 14.4. The lowest BCUT2D eigenvalue weighted by atomic mass is 9.86. The summed E-state index contributed by atoms with van der Waals surface area (Å²) >= 11 is 0. The van der Waals surface area contributed by atoms with Crippen molar-refractivity contribution in [1.29, 1.82) is 0 Å². The maximum Gasteiger partial charge on any atom is 0.341 e. The second kappa shape index (κ2) is 9.27. The maximum atomic E-state index is 12.3. The molecular formula is C18H25NO6. The molecule has 3 N–H and O–H groups in total. The first kappa shape index (κ1) is 19.1. The summed E-state index contributed by atoms with van der Waals surface area (Å²) in [4.78, 5) is 23.0. The van der Waals surface area contributed by atoms with Crippen LogP contribution in [-0.2, 0) is 4.79 Å². The molecule has 0 spiro atoms. The van der Waals surface area contributed by atoms with E-state index in [1.165, 1.54) is 12.1 Å². The number of carbonyl (C=O) groups is 2. The van der Waals surface area contributed by atoms with E-state index >= 15 is 0 Å². The van der Waals surface area contributed by atoms with E-state index in [9.17, 15) is 14.7 Å². The van der Waals surface area contributed by atoms with Crippen molar-refractivity contribution in [2.24, 2.45) is 5.92 Å². The SMILES string of the molecule is CCOc1cc(C(=O)NCC2CCCCC2O)ccc1OCC(=O)O. The average molecular weight is 351 g/mol. The van der Waals surface area contributed by atoms with Crippen molar-refractivity contribution in [2.45, 2.75) is 38.7 Å². The van der Waals surface area contributed by atoms with Crippen LogP contribution in [0.25, 0.3) is 0 Å². The molecule has 1 aromatic rings. The molecule has 25 heavy (non-hydrogen) atoms. The first-order chi connectivity index (χ1) is 12.0. The fourth-order valence-corrected chi connectivity index (χ4v) is 2.93. The highest BCUT2D eigenvalue weighted by Crippen LogP contribution is 2.29. The fourth-order valence-electron chi connectivity index (χ4n) is 2.93. The Balaban J connectivity index is 2.00. The maximum absolute atomic E-state index is 12.3. The smallest absolute Gasteiger partial charge is 0.341 e. The van der Waals surface area contributed by atoms with Crippen molar-refractivity contribution in [1.82, 2.24) is 5.32 Å². The molecule has 1 saturated carbocycles. The number of aliphatic hydroxyl groups excluding tert-OH is 1. The van der Waals surface area contributed by atoms with E-state index in [0.29, 0.717) is 24.5 Å². The van der Waals surface area contributed by atoms with Crippen LogP contribution in [0.15, 0.2) is 18.2 Å². The van der Waals surface area contributed by atoms with E-state index in [-0.39, 0.29) is 23.7 Å². The van der Waals surface area contributed by atoms with Crippen molar-refractivity contribution in [3.05, 3.63) is 23.8 Å². The first-order valence-electron chi connectivity index (χ1n) is 8.59. The van der Waals surface area contributed by atoms with Gasteiger partial charge in [0.1, 0.15) is 0 Å². The molecule has 0 aromatic heterocycles. The second-order valence-electron chi connectivity index (χ2n) is 6.10. The number of amides is 1. The Kier molecular flexibility index (Phi) is 7.06. The molecule has 2 atom stereocenters. The zero-order valence-electron chi connectivity index (χ0n) is 14.4. The molecule has 0 bridgehead atoms. The summed E-state index contributed by atoms with van der Waals surface area (Å²) in [7, 11) is 0. The second-order valence-corrected chi connectivity index (χ2v) is 6.10. The van der Waals surface area contributed by atoms with E-state index in [1.807, 2.05) is 0 Å². The van der Waals surface area contributed by atoms with Gasteiger partial charge in [-0.1, -0.05) is 12.8 Å². The van der Waals surface area contributed by atoms with E-state index in [2.05, 4.69) is 5.32 Å². The Labute approximate surface area is 146 Å². The molecular weight excluding hydrogens is 326 g/mol. The van der Waals surface area contributed by atoms with E-state index in [0.717, 1.165) is 25.7 Å². The topological polar surface area (TPSA) is 105 Å². The molecule has 0 saturated heterocycles. The molecule has 0 radical (unpaired) electrons. The van der Waals surface area contributed by atoms with Gasteiger partial charge in [0.05, 0.1) is 12.7 Å². The summed E-state index contributed by atoms with van der Waals surface area (Å²) in [6, 6.07) is 4.62. The predicted molar refractivity (Wildman–Crippen MR) is 91.0 cm³/mol. The Morgan fingerprint density at radius 1 is 1.20 bits per heavy atom. The van der Waals surface area contributed by atoms with Crippen LogP contribution >= 0.6 is 0 Å². The van der Waals surface area contributed by atoms with Gasteiger partial charge in [-0.15, -0.1) is 0 Å². The van der Waals surface area contributed by atoms with Crippen LogP contribution in [0.2, 0.25) is 0 Å². The van der Waals surface area contributed by atoms with Gasteiger partial charge >= 0.3 is 5.97 Å². The summed E-state index contributed by atoms with van der Waals surface area (Å²) < 4.78 is 10.6. The first-order valence-corrected chi connectivity index (χ1v) is 8.59. The third-order valence-electron chi connectivity index (χ3n) is 4.25. The highest BCUT2D eigenvalue weighted by atomic mass is 16.5. The minimum atomic E-state index is -1.09. The number of carboxylic acids is 1. The molecule has 1 aliphatic rings. The lowest BCUT2D eigenvalue weighted by molar-refractivity contribution is -0.139. The van der Waals surface area contributed by atoms with Crippen molar-refractivity contribution >= 4 is 11.9 Å². The number of hydrogen-bond acceptors (Lipinski definition) is 5. The number of aliphatic carboxylic acids is 1. The summed E-state index contributed by atoms with van der Waals surface area (Å²) in [5, 5.41) is 21.5. The van der Waals surface area contributed by atoms with Crippen LogP contribution in [-0.4, -0.2) is 48.0 Å². The van der Waals surface area contributed by atoms with Crippen molar-refractivity contribution in [2.75, 3.05) is 19.8 Å². The standard InChI is InChI=1S/C18H25NO6/c1-2-24-16-9-12(7-8-15(16)25-11-17(21)22)18(23)19-10-13-5-3-4-6-14(13)20/h7-9,13-14,20H,2-6,10-11H2,1H3,(H,19,23)(H,21,22). The predicted octanol–water partition coefficient (Wildman–Crippen LogP) is 1.83. The van der Waals surface area contributed by atoms with Crippen molar-refractivity contribution in [3.8, 4) is 11.5 Å². The number of rotatable bonds is 8. The Morgan fingerprint density at radius 2 is 1.96 bits per heavy atom. The Morgan fingerprint density at radius 3 is 2.64 bits per heavy atom. The highest BCUT2D eigenvalue weighted by Gasteiger charge is 2.23. The van der Waals surface area contributed by atoms with Crippen LogP contribution in [0.4, 0.5) is 0 Å². The lowest BCUT2D eigenvalue weighted by Crippen LogP contribution is -2.36. The van der Waals surface area contributed by atoms with E-state index in [4.69, 9.17) is 14.6 Å². The normalized spacial score (nSPS) is 19.9. The average Bonchev–Trinajstić information content (AvgIpc) is 2.59. The van der Waals surface area contributed by atoms with Crippen molar-refractivity contribution < 1.29 is 29.3 Å². The number of carboxylic acid groups (broad SMARTS) is 1. The third kappa shape index (κ3) is 5.63. The molecule has 7 nitrogen and oxygen atoms in total. The number of benzene rings is 1. The Hall–Kier alpha value is -2.28. The van der Waals surface area contributed by atoms with Gasteiger partial charge in [0.2, 0.25) is 0 Å². The van der Waals surface area contributed by atoms with Gasteiger partial charge in [-0.3, -0.25) is 4.79 Å². The molecule has 0 aliphatic heterocycles. The molecule has 138 valence electrons. The summed E-state index contributed by atoms with van der Waals surface area (Å²) in [5.74, 6) is -0.654. The number of aliphatic hydroxyl groups is 1. The molecule has 2 unspecified atom stereocenters. The summed E-state index contributed by atoms with van der Waals surface area (Å²) in [6.45, 7) is 2.10. The molecule has 7 heteroatoms. The lowest BCUT2D eigenvalue weighted by Gasteiger charge is -2.27. The van der Waals surface area contributed by atoms with Gasteiger partial charge in [-0.25, -0.2) is 4.79 Å². The largest absolute Gasteiger partial charge is 0.490 e. The van der Waals surface area contributed by atoms with Crippen LogP contribution < -0.4 is 14.8 Å². The van der Waals surface area contributed by atoms with E-state index < -0.39 is 12.6 Å². The molecule has 1 aromatic carbocycles. The fraction of sp³-hybridized carbons (Fsp3) is 0.556. The number of hydrogen-bond donors (Lipinski definition) is 3. The quantitative estimate of drug-likeness (QED) is 0.660. The van der Waals surface area contributed by atoms with Crippen LogP contribution in [0.1, 0.15) is 43.0 Å². The van der Waals surface area contributed by atoms with Gasteiger partial charge in [-0.2, -0.15) is 0 Å². The number of carbonyl (C=O) groups excluding carboxylic acids is 1. The van der Waals surface area contributed by atoms with Crippen LogP contribution in [0.3, 0.4) is 0 Å². The van der Waals surface area contributed by atoms with Crippen molar-refractivity contribution in [3.63, 3.8) is 0 Å². The Bertz CT molecular complexity index is 603. The van der Waals surface area contributed by atoms with Gasteiger partial charge in [-0.05, 0) is 38.0 Å². The molecule has 1 amide bonds. The molecule has 2 rings (SSSR count). The summed E-state index contributed by atoms with van der Waals surface area (Å²) in [6.07, 6.45) is 3.43. The minimum absolute atomic E-state index is 0.0854. The zero-order chi connectivity index (χ0) is 18.2. The van der Waals surface area contributed by atoms with Gasteiger partial charge in [0.25, 0.3) is 5.91 Å². The highest BCUT2D eigenvalue weighted by molar-refractivity contribution is 5.94. The third-order valence-corrected chi connectivity index (χ3v) is 4.25. The number of ether oxygens (including phenoxy) is 2. The van der Waals surface area contributed by atoms with Gasteiger partial charge in [0, 0.05) is 18.0 Å². The molecule has 1 fully saturated rings. The monoisotopic (exact) mass is 351 g/mol. The summed E-state index contributed by atoms with van der Waals surface area (Å²) in [5.41, 5.74) is 0.399. The minimum Gasteiger partial charge on any atom is -0.490 e. The van der Waals surface area contributed by atoms with Gasteiger partial charge in [0.15, 0.2) is 18.1 Å². The van der Waals surface area contributed by atoms with Crippen LogP contribution in [0.5, 0.6) is 11.5 Å². The number of nitrogens with one attached hydrogen (secondary N) is 1. The van der Waals surface area contributed by atoms with E-state index in [1.54, 1.807) is 13.0 Å². The molecule has 0 heterocycles.